The second kappa shape index (κ2) is 8.29. The van der Waals surface area contributed by atoms with Crippen LogP contribution in [0.15, 0.2) is 47.7 Å². The SMILES string of the molecule is CCNC(=O)N(C)CC(=O)N1N=C(c2cccn2C)C[C@@H]1c1ccc(C)cc1. The van der Waals surface area contributed by atoms with Gasteiger partial charge in [-0.3, -0.25) is 4.79 Å². The number of hydrogen-bond acceptors (Lipinski definition) is 3. The molecule has 7 nitrogen and oxygen atoms in total. The van der Waals surface area contributed by atoms with Crippen molar-refractivity contribution in [2.75, 3.05) is 20.1 Å². The summed E-state index contributed by atoms with van der Waals surface area (Å²) in [6, 6.07) is 11.7. The Labute approximate surface area is 165 Å². The van der Waals surface area contributed by atoms with E-state index in [1.165, 1.54) is 15.5 Å². The zero-order valence-electron chi connectivity index (χ0n) is 16.8. The number of likely N-dealkylation sites (N-methyl/N-ethyl adjacent to an activating group) is 1. The first-order valence-corrected chi connectivity index (χ1v) is 9.47. The second-order valence-corrected chi connectivity index (χ2v) is 7.11. The van der Waals surface area contributed by atoms with Crippen LogP contribution in [0, 0.1) is 6.92 Å². The molecule has 0 radical (unpaired) electrons. The summed E-state index contributed by atoms with van der Waals surface area (Å²) in [6.07, 6.45) is 2.60. The molecule has 1 N–H and O–H groups in total. The van der Waals surface area contributed by atoms with E-state index in [2.05, 4.69) is 10.4 Å². The van der Waals surface area contributed by atoms with Gasteiger partial charge >= 0.3 is 6.03 Å². The number of benzene rings is 1. The molecule has 0 saturated heterocycles. The van der Waals surface area contributed by atoms with E-state index in [0.717, 1.165) is 17.0 Å². The van der Waals surface area contributed by atoms with E-state index in [4.69, 9.17) is 0 Å². The average Bonchev–Trinajstić information content (AvgIpc) is 3.28. The van der Waals surface area contributed by atoms with E-state index in [9.17, 15) is 9.59 Å². The maximum atomic E-state index is 13.0. The molecule has 1 aliphatic rings. The molecule has 7 heteroatoms. The number of aromatic nitrogens is 1. The minimum Gasteiger partial charge on any atom is -0.350 e. The normalized spacial score (nSPS) is 16.1. The highest BCUT2D eigenvalue weighted by atomic mass is 16.2. The summed E-state index contributed by atoms with van der Waals surface area (Å²) in [4.78, 5) is 26.4. The summed E-state index contributed by atoms with van der Waals surface area (Å²) in [7, 11) is 3.58. The molecule has 1 aliphatic heterocycles. The van der Waals surface area contributed by atoms with Crippen molar-refractivity contribution in [1.29, 1.82) is 0 Å². The molecule has 0 unspecified atom stereocenters. The molecule has 1 aromatic heterocycles. The fraction of sp³-hybridized carbons (Fsp3) is 0.381. The van der Waals surface area contributed by atoms with Crippen LogP contribution in [0.1, 0.15) is 36.2 Å². The molecule has 2 heterocycles. The zero-order chi connectivity index (χ0) is 20.3. The number of carbonyl (C=O) groups excluding carboxylic acids is 2. The van der Waals surface area contributed by atoms with Gasteiger partial charge in [0.2, 0.25) is 0 Å². The Morgan fingerprint density at radius 1 is 1.25 bits per heavy atom. The quantitative estimate of drug-likeness (QED) is 0.865. The smallest absolute Gasteiger partial charge is 0.317 e. The third-order valence-corrected chi connectivity index (χ3v) is 4.91. The molecule has 3 rings (SSSR count). The van der Waals surface area contributed by atoms with Crippen molar-refractivity contribution < 1.29 is 9.59 Å². The monoisotopic (exact) mass is 381 g/mol. The highest BCUT2D eigenvalue weighted by Gasteiger charge is 2.34. The number of nitrogens with zero attached hydrogens (tertiary/aromatic N) is 4. The summed E-state index contributed by atoms with van der Waals surface area (Å²) >= 11 is 0. The number of hydrazone groups is 1. The maximum Gasteiger partial charge on any atom is 0.317 e. The van der Waals surface area contributed by atoms with Gasteiger partial charge < -0.3 is 14.8 Å². The lowest BCUT2D eigenvalue weighted by Crippen LogP contribution is -2.43. The predicted octanol–water partition coefficient (Wildman–Crippen LogP) is 2.67. The van der Waals surface area contributed by atoms with Crippen molar-refractivity contribution in [1.82, 2.24) is 19.8 Å². The lowest BCUT2D eigenvalue weighted by Gasteiger charge is -2.25. The third kappa shape index (κ3) is 4.08. The molecule has 3 amide bonds. The van der Waals surface area contributed by atoms with Gasteiger partial charge in [0.05, 0.1) is 17.4 Å². The van der Waals surface area contributed by atoms with Gasteiger partial charge in [0.1, 0.15) is 6.54 Å². The van der Waals surface area contributed by atoms with Gasteiger partial charge in [-0.15, -0.1) is 0 Å². The van der Waals surface area contributed by atoms with Crippen molar-refractivity contribution in [3.8, 4) is 0 Å². The second-order valence-electron chi connectivity index (χ2n) is 7.11. The summed E-state index contributed by atoms with van der Waals surface area (Å²) in [5.74, 6) is -0.205. The molecule has 0 bridgehead atoms. The largest absolute Gasteiger partial charge is 0.350 e. The highest BCUT2D eigenvalue weighted by molar-refractivity contribution is 6.02. The maximum absolute atomic E-state index is 13.0. The molecule has 28 heavy (non-hydrogen) atoms. The number of rotatable bonds is 5. The molecular weight excluding hydrogens is 354 g/mol. The van der Waals surface area contributed by atoms with Crippen LogP contribution in [-0.4, -0.2) is 52.3 Å². The van der Waals surface area contributed by atoms with E-state index in [1.54, 1.807) is 7.05 Å². The van der Waals surface area contributed by atoms with Crippen LogP contribution in [-0.2, 0) is 11.8 Å². The van der Waals surface area contributed by atoms with Crippen molar-refractivity contribution in [3.63, 3.8) is 0 Å². The standard InChI is InChI=1S/C21H27N5O2/c1-5-22-21(28)25(4)14-20(27)26-19(16-10-8-15(2)9-11-16)13-17(23-26)18-7-6-12-24(18)3/h6-12,19H,5,13-14H2,1-4H3,(H,22,28)/t19-/m1/s1. The topological polar surface area (TPSA) is 69.9 Å². The van der Waals surface area contributed by atoms with Crippen LogP contribution >= 0.6 is 0 Å². The summed E-state index contributed by atoms with van der Waals surface area (Å²) in [6.45, 7) is 4.37. The number of hydrogen-bond donors (Lipinski definition) is 1. The van der Waals surface area contributed by atoms with Crippen LogP contribution in [0.5, 0.6) is 0 Å². The van der Waals surface area contributed by atoms with Crippen LogP contribution < -0.4 is 5.32 Å². The number of amides is 3. The van der Waals surface area contributed by atoms with Crippen LogP contribution in [0.25, 0.3) is 0 Å². The first-order valence-electron chi connectivity index (χ1n) is 9.47. The first kappa shape index (κ1) is 19.7. The molecule has 2 aromatic rings. The number of aryl methyl sites for hydroxylation is 2. The van der Waals surface area contributed by atoms with Gasteiger partial charge in [-0.2, -0.15) is 5.10 Å². The Balaban J connectivity index is 1.87. The van der Waals surface area contributed by atoms with Crippen molar-refractivity contribution in [3.05, 3.63) is 59.4 Å². The van der Waals surface area contributed by atoms with Gasteiger partial charge in [0.25, 0.3) is 5.91 Å². The van der Waals surface area contributed by atoms with E-state index in [1.807, 2.05) is 68.1 Å². The fourth-order valence-corrected chi connectivity index (χ4v) is 3.34. The molecule has 1 aromatic carbocycles. The van der Waals surface area contributed by atoms with Crippen LogP contribution in [0.3, 0.4) is 0 Å². The average molecular weight is 381 g/mol. The Kier molecular flexibility index (Phi) is 5.82. The lowest BCUT2D eigenvalue weighted by atomic mass is 9.99. The lowest BCUT2D eigenvalue weighted by molar-refractivity contribution is -0.133. The van der Waals surface area contributed by atoms with Gasteiger partial charge in [0, 0.05) is 33.3 Å². The highest BCUT2D eigenvalue weighted by Crippen LogP contribution is 2.33. The summed E-state index contributed by atoms with van der Waals surface area (Å²) in [5, 5.41) is 8.89. The molecular formula is C21H27N5O2. The van der Waals surface area contributed by atoms with E-state index >= 15 is 0 Å². The van der Waals surface area contributed by atoms with E-state index < -0.39 is 0 Å². The minimum absolute atomic E-state index is 0.0297. The number of carbonyl (C=O) groups is 2. The number of nitrogens with one attached hydrogen (secondary N) is 1. The Bertz CT molecular complexity index is 884. The summed E-state index contributed by atoms with van der Waals surface area (Å²) in [5.41, 5.74) is 4.06. The minimum atomic E-state index is -0.270. The molecule has 0 saturated carbocycles. The Morgan fingerprint density at radius 3 is 2.57 bits per heavy atom. The van der Waals surface area contributed by atoms with E-state index in [0.29, 0.717) is 13.0 Å². The van der Waals surface area contributed by atoms with Gasteiger partial charge in [-0.05, 0) is 31.5 Å². The van der Waals surface area contributed by atoms with Crippen LogP contribution in [0.2, 0.25) is 0 Å². The van der Waals surface area contributed by atoms with Crippen molar-refractivity contribution in [2.45, 2.75) is 26.3 Å². The van der Waals surface area contributed by atoms with Gasteiger partial charge in [0.15, 0.2) is 0 Å². The zero-order valence-corrected chi connectivity index (χ0v) is 16.8. The van der Waals surface area contributed by atoms with Crippen molar-refractivity contribution in [2.24, 2.45) is 12.1 Å². The molecule has 0 spiro atoms. The summed E-state index contributed by atoms with van der Waals surface area (Å²) < 4.78 is 2.00. The molecule has 148 valence electrons. The molecule has 1 atom stereocenters. The molecule has 0 fully saturated rings. The van der Waals surface area contributed by atoms with Gasteiger partial charge in [-0.25, -0.2) is 9.80 Å². The van der Waals surface area contributed by atoms with E-state index in [-0.39, 0.29) is 24.5 Å². The Hall–Kier alpha value is -3.09. The van der Waals surface area contributed by atoms with Gasteiger partial charge in [-0.1, -0.05) is 29.8 Å². The fourth-order valence-electron chi connectivity index (χ4n) is 3.34. The van der Waals surface area contributed by atoms with Crippen molar-refractivity contribution >= 4 is 17.6 Å². The Morgan fingerprint density at radius 2 is 1.96 bits per heavy atom. The first-order chi connectivity index (χ1) is 13.4. The predicted molar refractivity (Wildman–Crippen MR) is 109 cm³/mol. The third-order valence-electron chi connectivity index (χ3n) is 4.91. The molecule has 0 aliphatic carbocycles. The number of urea groups is 1. The van der Waals surface area contributed by atoms with Crippen LogP contribution in [0.4, 0.5) is 4.79 Å².